The van der Waals surface area contributed by atoms with Gasteiger partial charge in [0.25, 0.3) is 0 Å². The molecule has 42 heavy (non-hydrogen) atoms. The van der Waals surface area contributed by atoms with Crippen molar-refractivity contribution < 1.29 is 4.79 Å². The third kappa shape index (κ3) is 6.17. The van der Waals surface area contributed by atoms with Crippen molar-refractivity contribution in [1.82, 2.24) is 10.9 Å². The molecule has 0 saturated carbocycles. The van der Waals surface area contributed by atoms with Gasteiger partial charge in [0.05, 0.1) is 24.5 Å². The summed E-state index contributed by atoms with van der Waals surface area (Å²) in [7, 11) is 0. The number of hydrogen-bond donors (Lipinski definition) is 4. The van der Waals surface area contributed by atoms with Crippen LogP contribution in [0.25, 0.3) is 0 Å². The Balaban J connectivity index is 1.18. The molecular formula is C31H24Cl2N8O. The van der Waals surface area contributed by atoms with Crippen molar-refractivity contribution in [2.24, 2.45) is 20.2 Å². The van der Waals surface area contributed by atoms with E-state index in [4.69, 9.17) is 33.2 Å². The summed E-state index contributed by atoms with van der Waals surface area (Å²) in [5, 5.41) is 16.2. The summed E-state index contributed by atoms with van der Waals surface area (Å²) >= 11 is 12.6. The molecule has 0 aromatic heterocycles. The molecule has 0 aliphatic carbocycles. The predicted molar refractivity (Wildman–Crippen MR) is 171 cm³/mol. The zero-order chi connectivity index (χ0) is 28.9. The summed E-state index contributed by atoms with van der Waals surface area (Å²) in [4.78, 5) is 22.2. The predicted octanol–water partition coefficient (Wildman–Crippen LogP) is 6.15. The lowest BCUT2D eigenvalue weighted by Crippen LogP contribution is -2.33. The number of halogens is 2. The van der Waals surface area contributed by atoms with E-state index in [1.54, 1.807) is 12.1 Å². The van der Waals surface area contributed by atoms with E-state index < -0.39 is 6.03 Å². The molecular weight excluding hydrogens is 571 g/mol. The van der Waals surface area contributed by atoms with Gasteiger partial charge in [0.1, 0.15) is 11.7 Å². The molecule has 11 heteroatoms. The van der Waals surface area contributed by atoms with Crippen LogP contribution in [0.4, 0.5) is 16.2 Å². The Morgan fingerprint density at radius 3 is 1.50 bits per heavy atom. The molecule has 0 spiro atoms. The molecule has 2 heterocycles. The molecule has 2 aliphatic heterocycles. The lowest BCUT2D eigenvalue weighted by molar-refractivity contribution is 0.242. The second kappa shape index (κ2) is 12.3. The van der Waals surface area contributed by atoms with E-state index in [-0.39, 0.29) is 13.1 Å². The van der Waals surface area contributed by atoms with E-state index in [1.807, 2.05) is 84.9 Å². The Hall–Kier alpha value is -4.99. The quantitative estimate of drug-likeness (QED) is 0.212. The first-order valence-corrected chi connectivity index (χ1v) is 13.8. The van der Waals surface area contributed by atoms with E-state index in [1.165, 1.54) is 0 Å². The van der Waals surface area contributed by atoms with Crippen molar-refractivity contribution in [3.8, 4) is 0 Å². The van der Waals surface area contributed by atoms with Crippen LogP contribution in [0.15, 0.2) is 117 Å². The molecule has 4 aromatic rings. The summed E-state index contributed by atoms with van der Waals surface area (Å²) in [5.41, 5.74) is 11.6. The van der Waals surface area contributed by atoms with E-state index in [0.717, 1.165) is 45.1 Å². The number of nitrogens with zero attached hydrogens (tertiary/aromatic N) is 4. The zero-order valence-corrected chi connectivity index (χ0v) is 23.6. The first-order valence-electron chi connectivity index (χ1n) is 13.1. The molecule has 4 N–H and O–H groups in total. The van der Waals surface area contributed by atoms with Gasteiger partial charge < -0.3 is 10.6 Å². The molecule has 2 aliphatic rings. The SMILES string of the molecule is O=C(N/N=C1/CN=C(c2ccccc2)c2cc(Cl)ccc2N1)N/N=C1/CN=C(c2ccccc2)c2cc(Cl)ccc2N1. The number of amides is 2. The Labute approximate surface area is 252 Å². The number of benzodiazepines with no additional fused rings is 2. The smallest absolute Gasteiger partial charge is 0.340 e. The Morgan fingerprint density at radius 1 is 0.643 bits per heavy atom. The van der Waals surface area contributed by atoms with Crippen LogP contribution in [-0.2, 0) is 0 Å². The second-order valence-electron chi connectivity index (χ2n) is 9.36. The third-order valence-electron chi connectivity index (χ3n) is 6.48. The van der Waals surface area contributed by atoms with Crippen LogP contribution < -0.4 is 21.5 Å². The van der Waals surface area contributed by atoms with Crippen LogP contribution in [0.1, 0.15) is 22.3 Å². The van der Waals surface area contributed by atoms with E-state index >= 15 is 0 Å². The molecule has 0 fully saturated rings. The number of fused-ring (bicyclic) bond motifs is 2. The minimum absolute atomic E-state index is 0.212. The summed E-state index contributed by atoms with van der Waals surface area (Å²) in [6.07, 6.45) is 0. The van der Waals surface area contributed by atoms with Gasteiger partial charge in [-0.2, -0.15) is 10.2 Å². The van der Waals surface area contributed by atoms with Gasteiger partial charge in [-0.05, 0) is 36.4 Å². The fraction of sp³-hybridized carbons (Fsp3) is 0.0645. The van der Waals surface area contributed by atoms with Gasteiger partial charge in [0.2, 0.25) is 0 Å². The van der Waals surface area contributed by atoms with Crippen molar-refractivity contribution in [2.45, 2.75) is 0 Å². The molecule has 0 bridgehead atoms. The number of hydrogen-bond acceptors (Lipinski definition) is 5. The van der Waals surface area contributed by atoms with Crippen LogP contribution in [0.5, 0.6) is 0 Å². The highest BCUT2D eigenvalue weighted by Gasteiger charge is 2.19. The number of aliphatic imine (C=N–C) groups is 2. The largest absolute Gasteiger partial charge is 0.355 e. The molecule has 0 unspecified atom stereocenters. The number of rotatable bonds is 4. The number of urea groups is 1. The minimum atomic E-state index is -0.626. The number of carbonyl (C=O) groups excluding carboxylic acids is 1. The molecule has 2 amide bonds. The topological polar surface area (TPSA) is 115 Å². The van der Waals surface area contributed by atoms with Crippen molar-refractivity contribution in [3.05, 3.63) is 129 Å². The van der Waals surface area contributed by atoms with Crippen molar-refractivity contribution in [1.29, 1.82) is 0 Å². The summed E-state index contributed by atoms with van der Waals surface area (Å²) in [5.74, 6) is 0.894. The maximum atomic E-state index is 12.7. The first kappa shape index (κ1) is 27.2. The molecule has 208 valence electrons. The summed E-state index contributed by atoms with van der Waals surface area (Å²) in [6, 6.07) is 30.0. The van der Waals surface area contributed by atoms with E-state index in [2.05, 4.69) is 31.7 Å². The Morgan fingerprint density at radius 2 is 1.07 bits per heavy atom. The second-order valence-corrected chi connectivity index (χ2v) is 10.2. The van der Waals surface area contributed by atoms with Crippen molar-refractivity contribution in [2.75, 3.05) is 23.7 Å². The number of hydrazone groups is 2. The highest BCUT2D eigenvalue weighted by molar-refractivity contribution is 6.32. The maximum absolute atomic E-state index is 12.7. The monoisotopic (exact) mass is 594 g/mol. The van der Waals surface area contributed by atoms with Gasteiger partial charge in [-0.25, -0.2) is 15.6 Å². The highest BCUT2D eigenvalue weighted by Crippen LogP contribution is 2.27. The summed E-state index contributed by atoms with van der Waals surface area (Å²) in [6.45, 7) is 0.423. The van der Waals surface area contributed by atoms with Gasteiger partial charge >= 0.3 is 6.03 Å². The number of anilines is 2. The zero-order valence-electron chi connectivity index (χ0n) is 22.1. The standard InChI is InChI=1S/C31H24Cl2N8O/c32-21-11-13-25-23(15-21)29(19-7-3-1-4-8-19)34-17-27(36-25)38-40-31(42)41-39-28-18-35-30(20-9-5-2-6-10-20)24-16-22(33)12-14-26(24)37-28/h1-16H,17-18H2,(H,36,38)(H,37,39)(H2,40,41,42). The average Bonchev–Trinajstić information content (AvgIpc) is 3.31. The molecule has 6 rings (SSSR count). The number of amidine groups is 2. The molecule has 0 radical (unpaired) electrons. The van der Waals surface area contributed by atoms with Gasteiger partial charge in [-0.15, -0.1) is 0 Å². The highest BCUT2D eigenvalue weighted by atomic mass is 35.5. The van der Waals surface area contributed by atoms with Crippen LogP contribution >= 0.6 is 23.2 Å². The van der Waals surface area contributed by atoms with Gasteiger partial charge in [0.15, 0.2) is 0 Å². The maximum Gasteiger partial charge on any atom is 0.355 e. The lowest BCUT2D eigenvalue weighted by atomic mass is 10.0. The van der Waals surface area contributed by atoms with E-state index in [0.29, 0.717) is 21.7 Å². The molecule has 9 nitrogen and oxygen atoms in total. The fourth-order valence-corrected chi connectivity index (χ4v) is 4.93. The van der Waals surface area contributed by atoms with E-state index in [9.17, 15) is 4.79 Å². The van der Waals surface area contributed by atoms with Crippen LogP contribution in [0.3, 0.4) is 0 Å². The van der Waals surface area contributed by atoms with Crippen LogP contribution in [0, 0.1) is 0 Å². The number of nitrogens with one attached hydrogen (secondary N) is 4. The fourth-order valence-electron chi connectivity index (χ4n) is 4.58. The van der Waals surface area contributed by atoms with Crippen molar-refractivity contribution >= 4 is 63.7 Å². The number of carbonyl (C=O) groups is 1. The van der Waals surface area contributed by atoms with Crippen LogP contribution in [0.2, 0.25) is 10.0 Å². The Kier molecular flexibility index (Phi) is 7.94. The lowest BCUT2D eigenvalue weighted by Gasteiger charge is -2.11. The van der Waals surface area contributed by atoms with Crippen molar-refractivity contribution in [3.63, 3.8) is 0 Å². The molecule has 0 saturated heterocycles. The molecule has 4 aromatic carbocycles. The van der Waals surface area contributed by atoms with Gasteiger partial charge in [0, 0.05) is 43.7 Å². The van der Waals surface area contributed by atoms with Gasteiger partial charge in [-0.1, -0.05) is 83.9 Å². The normalized spacial score (nSPS) is 16.0. The third-order valence-corrected chi connectivity index (χ3v) is 6.95. The van der Waals surface area contributed by atoms with Gasteiger partial charge in [-0.3, -0.25) is 9.98 Å². The first-order chi connectivity index (χ1) is 20.5. The number of benzene rings is 4. The van der Waals surface area contributed by atoms with Crippen LogP contribution in [-0.4, -0.2) is 42.2 Å². The Bertz CT molecular complexity index is 1640. The minimum Gasteiger partial charge on any atom is -0.340 e. The average molecular weight is 595 g/mol. The molecule has 0 atom stereocenters. The summed E-state index contributed by atoms with van der Waals surface area (Å²) < 4.78 is 0.